The van der Waals surface area contributed by atoms with Crippen molar-refractivity contribution in [3.05, 3.63) is 0 Å². The summed E-state index contributed by atoms with van der Waals surface area (Å²) in [6, 6.07) is 0. The van der Waals surface area contributed by atoms with Gasteiger partial charge in [0.1, 0.15) is 6.10 Å². The first kappa shape index (κ1) is 11.8. The van der Waals surface area contributed by atoms with Crippen LogP contribution in [0.3, 0.4) is 0 Å². The van der Waals surface area contributed by atoms with Gasteiger partial charge in [-0.05, 0) is 12.8 Å². The summed E-state index contributed by atoms with van der Waals surface area (Å²) in [5.41, 5.74) is 0. The van der Waals surface area contributed by atoms with E-state index in [1.54, 1.807) is 0 Å². The van der Waals surface area contributed by atoms with Crippen LogP contribution in [-0.4, -0.2) is 49.5 Å². The molecule has 0 spiro atoms. The van der Waals surface area contributed by atoms with Crippen LogP contribution in [0.25, 0.3) is 0 Å². The van der Waals surface area contributed by atoms with Crippen molar-refractivity contribution in [1.29, 1.82) is 0 Å². The summed E-state index contributed by atoms with van der Waals surface area (Å²) < 4.78 is 5.34. The number of hydrogen-bond acceptors (Lipinski definition) is 4. The van der Waals surface area contributed by atoms with Crippen molar-refractivity contribution in [3.63, 3.8) is 0 Å². The first-order chi connectivity index (χ1) is 7.77. The molecule has 0 aromatic carbocycles. The van der Waals surface area contributed by atoms with Crippen LogP contribution in [0.4, 0.5) is 0 Å². The standard InChI is InChI=1S/C11H20N2O3/c14-9-3-1-2-8(9)6-13-11(15)10-7-12-4-5-16-10/h8-10,12,14H,1-7H2,(H,13,15). The monoisotopic (exact) mass is 228 g/mol. The van der Waals surface area contributed by atoms with Crippen LogP contribution in [0.1, 0.15) is 19.3 Å². The number of rotatable bonds is 3. The minimum atomic E-state index is -0.368. The van der Waals surface area contributed by atoms with E-state index in [0.29, 0.717) is 19.7 Å². The van der Waals surface area contributed by atoms with Gasteiger partial charge in [0.25, 0.3) is 0 Å². The normalized spacial score (nSPS) is 34.9. The summed E-state index contributed by atoms with van der Waals surface area (Å²) in [5.74, 6) is 0.159. The Bertz CT molecular complexity index is 241. The van der Waals surface area contributed by atoms with E-state index in [-0.39, 0.29) is 24.0 Å². The Morgan fingerprint density at radius 2 is 2.38 bits per heavy atom. The molecule has 16 heavy (non-hydrogen) atoms. The van der Waals surface area contributed by atoms with E-state index < -0.39 is 0 Å². The SMILES string of the molecule is O=C(NCC1CCCC1O)C1CNCCO1. The number of morpholine rings is 1. The molecule has 0 aromatic rings. The molecular formula is C11H20N2O3. The van der Waals surface area contributed by atoms with Crippen LogP contribution in [0, 0.1) is 5.92 Å². The fraction of sp³-hybridized carbons (Fsp3) is 0.909. The quantitative estimate of drug-likeness (QED) is 0.594. The zero-order valence-corrected chi connectivity index (χ0v) is 9.45. The third-order valence-electron chi connectivity index (χ3n) is 3.38. The maximum Gasteiger partial charge on any atom is 0.250 e. The Labute approximate surface area is 95.5 Å². The fourth-order valence-electron chi connectivity index (χ4n) is 2.33. The maximum atomic E-state index is 11.7. The smallest absolute Gasteiger partial charge is 0.250 e. The minimum absolute atomic E-state index is 0.0636. The van der Waals surface area contributed by atoms with Gasteiger partial charge in [-0.2, -0.15) is 0 Å². The zero-order valence-electron chi connectivity index (χ0n) is 9.45. The molecule has 2 fully saturated rings. The summed E-state index contributed by atoms with van der Waals surface area (Å²) in [5, 5.41) is 15.6. The van der Waals surface area contributed by atoms with Crippen LogP contribution in [0.15, 0.2) is 0 Å². The summed E-state index contributed by atoms with van der Waals surface area (Å²) in [7, 11) is 0. The molecule has 3 atom stereocenters. The van der Waals surface area contributed by atoms with Crippen molar-refractivity contribution in [3.8, 4) is 0 Å². The molecule has 0 radical (unpaired) electrons. The lowest BCUT2D eigenvalue weighted by molar-refractivity contribution is -0.134. The topological polar surface area (TPSA) is 70.6 Å². The fourth-order valence-corrected chi connectivity index (χ4v) is 2.33. The lowest BCUT2D eigenvalue weighted by Crippen LogP contribution is -2.49. The highest BCUT2D eigenvalue weighted by Gasteiger charge is 2.27. The van der Waals surface area contributed by atoms with Gasteiger partial charge in [0, 0.05) is 25.6 Å². The minimum Gasteiger partial charge on any atom is -0.393 e. The van der Waals surface area contributed by atoms with Gasteiger partial charge in [-0.25, -0.2) is 0 Å². The predicted molar refractivity (Wildman–Crippen MR) is 59.0 cm³/mol. The van der Waals surface area contributed by atoms with E-state index in [4.69, 9.17) is 4.74 Å². The average molecular weight is 228 g/mol. The Kier molecular flexibility index (Phi) is 4.15. The highest BCUT2D eigenvalue weighted by molar-refractivity contribution is 5.81. The highest BCUT2D eigenvalue weighted by atomic mass is 16.5. The van der Waals surface area contributed by atoms with Gasteiger partial charge in [-0.3, -0.25) is 4.79 Å². The molecule has 5 nitrogen and oxygen atoms in total. The number of carbonyl (C=O) groups excluding carboxylic acids is 1. The second kappa shape index (κ2) is 5.61. The van der Waals surface area contributed by atoms with Gasteiger partial charge < -0.3 is 20.5 Å². The highest BCUT2D eigenvalue weighted by Crippen LogP contribution is 2.24. The molecule has 1 amide bonds. The van der Waals surface area contributed by atoms with Gasteiger partial charge in [0.2, 0.25) is 5.91 Å². The molecule has 2 aliphatic rings. The molecule has 1 heterocycles. The van der Waals surface area contributed by atoms with Gasteiger partial charge in [0.05, 0.1) is 12.7 Å². The van der Waals surface area contributed by atoms with Crippen LogP contribution < -0.4 is 10.6 Å². The number of aliphatic hydroxyl groups is 1. The number of hydrogen-bond donors (Lipinski definition) is 3. The number of carbonyl (C=O) groups is 1. The van der Waals surface area contributed by atoms with Crippen molar-refractivity contribution in [2.45, 2.75) is 31.5 Å². The van der Waals surface area contributed by atoms with Gasteiger partial charge in [-0.1, -0.05) is 6.42 Å². The molecule has 1 aliphatic carbocycles. The Morgan fingerprint density at radius 3 is 3.00 bits per heavy atom. The lowest BCUT2D eigenvalue weighted by Gasteiger charge is -2.24. The second-order valence-electron chi connectivity index (χ2n) is 4.57. The molecule has 0 bridgehead atoms. The lowest BCUT2D eigenvalue weighted by atomic mass is 10.1. The number of aliphatic hydroxyl groups excluding tert-OH is 1. The van der Waals surface area contributed by atoms with Crippen molar-refractivity contribution >= 4 is 5.91 Å². The van der Waals surface area contributed by atoms with Crippen molar-refractivity contribution < 1.29 is 14.6 Å². The third-order valence-corrected chi connectivity index (χ3v) is 3.38. The summed E-state index contributed by atoms with van der Waals surface area (Å²) in [4.78, 5) is 11.7. The summed E-state index contributed by atoms with van der Waals surface area (Å²) >= 11 is 0. The molecular weight excluding hydrogens is 208 g/mol. The summed E-state index contributed by atoms with van der Waals surface area (Å²) in [6.07, 6.45) is 2.31. The Hall–Kier alpha value is -0.650. The van der Waals surface area contributed by atoms with Crippen LogP contribution in [0.2, 0.25) is 0 Å². The zero-order chi connectivity index (χ0) is 11.4. The second-order valence-corrected chi connectivity index (χ2v) is 4.57. The van der Waals surface area contributed by atoms with E-state index in [1.165, 1.54) is 0 Å². The van der Waals surface area contributed by atoms with Gasteiger partial charge in [0.15, 0.2) is 0 Å². The van der Waals surface area contributed by atoms with Gasteiger partial charge >= 0.3 is 0 Å². The Morgan fingerprint density at radius 1 is 1.50 bits per heavy atom. The molecule has 2 rings (SSSR count). The van der Waals surface area contributed by atoms with Crippen LogP contribution >= 0.6 is 0 Å². The number of amides is 1. The molecule has 3 N–H and O–H groups in total. The molecule has 92 valence electrons. The molecule has 5 heteroatoms. The maximum absolute atomic E-state index is 11.7. The molecule has 0 aromatic heterocycles. The first-order valence-corrected chi connectivity index (χ1v) is 6.05. The van der Waals surface area contributed by atoms with E-state index in [2.05, 4.69) is 10.6 Å². The molecule has 1 aliphatic heterocycles. The molecule has 1 saturated carbocycles. The van der Waals surface area contributed by atoms with Crippen molar-refractivity contribution in [2.24, 2.45) is 5.92 Å². The predicted octanol–water partition coefficient (Wildman–Crippen LogP) is -0.748. The van der Waals surface area contributed by atoms with E-state index >= 15 is 0 Å². The van der Waals surface area contributed by atoms with Gasteiger partial charge in [-0.15, -0.1) is 0 Å². The first-order valence-electron chi connectivity index (χ1n) is 6.05. The molecule has 1 saturated heterocycles. The van der Waals surface area contributed by atoms with Crippen molar-refractivity contribution in [2.75, 3.05) is 26.2 Å². The summed E-state index contributed by atoms with van der Waals surface area (Å²) in [6.45, 7) is 2.55. The number of ether oxygens (including phenoxy) is 1. The van der Waals surface area contributed by atoms with Crippen molar-refractivity contribution in [1.82, 2.24) is 10.6 Å². The largest absolute Gasteiger partial charge is 0.393 e. The molecule has 3 unspecified atom stereocenters. The average Bonchev–Trinajstić information content (AvgIpc) is 2.73. The van der Waals surface area contributed by atoms with E-state index in [0.717, 1.165) is 25.8 Å². The third kappa shape index (κ3) is 2.93. The van der Waals surface area contributed by atoms with Crippen LogP contribution in [-0.2, 0) is 9.53 Å². The van der Waals surface area contributed by atoms with Crippen LogP contribution in [0.5, 0.6) is 0 Å². The Balaban J connectivity index is 1.70. The number of nitrogens with one attached hydrogen (secondary N) is 2. The van der Waals surface area contributed by atoms with E-state index in [9.17, 15) is 9.90 Å². The van der Waals surface area contributed by atoms with E-state index in [1.807, 2.05) is 0 Å².